The first-order valence-corrected chi connectivity index (χ1v) is 10.6. The predicted octanol–water partition coefficient (Wildman–Crippen LogP) is 3.70. The molecule has 4 nitrogen and oxygen atoms in total. The summed E-state index contributed by atoms with van der Waals surface area (Å²) in [5.41, 5.74) is 5.39. The number of hydrogen-bond donors (Lipinski definition) is 1. The van der Waals surface area contributed by atoms with Crippen LogP contribution in [0.1, 0.15) is 42.0 Å². The smallest absolute Gasteiger partial charge is 0.220 e. The van der Waals surface area contributed by atoms with Gasteiger partial charge in [0, 0.05) is 38.3 Å². The number of rotatable bonds is 6. The molecule has 0 spiro atoms. The topological polar surface area (TPSA) is 35.6 Å². The molecule has 2 aromatic rings. The lowest BCUT2D eigenvalue weighted by atomic mass is 10.0. The van der Waals surface area contributed by atoms with Gasteiger partial charge in [0.05, 0.1) is 6.04 Å². The number of nitrogens with one attached hydrogen (secondary N) is 1. The molecule has 0 radical (unpaired) electrons. The second-order valence-electron chi connectivity index (χ2n) is 8.12. The van der Waals surface area contributed by atoms with Crippen molar-refractivity contribution in [3.63, 3.8) is 0 Å². The number of nitrogens with zero attached hydrogens (tertiary/aromatic N) is 2. The molecule has 1 unspecified atom stereocenters. The molecule has 0 aromatic heterocycles. The summed E-state index contributed by atoms with van der Waals surface area (Å²) in [6.45, 7) is 7.90. The minimum Gasteiger partial charge on any atom is -0.369 e. The molecule has 1 amide bonds. The molecular weight excluding hydrogens is 346 g/mol. The second-order valence-corrected chi connectivity index (χ2v) is 8.12. The molecule has 0 bridgehead atoms. The molecule has 2 saturated heterocycles. The van der Waals surface area contributed by atoms with Crippen LogP contribution in [-0.4, -0.2) is 43.5 Å². The van der Waals surface area contributed by atoms with Gasteiger partial charge in [-0.25, -0.2) is 0 Å². The van der Waals surface area contributed by atoms with E-state index in [4.69, 9.17) is 0 Å². The Bertz CT molecular complexity index is 794. The van der Waals surface area contributed by atoms with Gasteiger partial charge in [0.15, 0.2) is 0 Å². The number of para-hydroxylation sites is 1. The molecule has 2 heterocycles. The fourth-order valence-corrected chi connectivity index (χ4v) is 4.42. The largest absolute Gasteiger partial charge is 0.369 e. The first kappa shape index (κ1) is 19.0. The van der Waals surface area contributed by atoms with Crippen molar-refractivity contribution in [3.8, 4) is 0 Å². The van der Waals surface area contributed by atoms with Crippen LogP contribution in [0.25, 0.3) is 0 Å². The van der Waals surface area contributed by atoms with E-state index < -0.39 is 0 Å². The number of anilines is 1. The van der Waals surface area contributed by atoms with Gasteiger partial charge in [-0.1, -0.05) is 42.5 Å². The summed E-state index contributed by atoms with van der Waals surface area (Å²) >= 11 is 0. The Hall–Kier alpha value is -2.33. The predicted molar refractivity (Wildman–Crippen MR) is 115 cm³/mol. The maximum absolute atomic E-state index is 11.4. The van der Waals surface area contributed by atoms with E-state index in [1.165, 1.54) is 35.3 Å². The van der Waals surface area contributed by atoms with E-state index in [0.717, 1.165) is 39.0 Å². The number of hydrogen-bond acceptors (Lipinski definition) is 3. The maximum Gasteiger partial charge on any atom is 0.220 e. The summed E-state index contributed by atoms with van der Waals surface area (Å²) in [5.74, 6) is 0.177. The molecule has 28 heavy (non-hydrogen) atoms. The fraction of sp³-hybridized carbons (Fsp3) is 0.458. The first-order chi connectivity index (χ1) is 13.7. The molecule has 148 valence electrons. The second kappa shape index (κ2) is 8.78. The Morgan fingerprint density at radius 2 is 1.75 bits per heavy atom. The molecule has 2 aromatic carbocycles. The van der Waals surface area contributed by atoms with Crippen LogP contribution in [0.5, 0.6) is 0 Å². The third kappa shape index (κ3) is 4.56. The van der Waals surface area contributed by atoms with Crippen LogP contribution in [0.4, 0.5) is 5.69 Å². The van der Waals surface area contributed by atoms with Crippen LogP contribution in [0.15, 0.2) is 48.5 Å². The summed E-state index contributed by atoms with van der Waals surface area (Å²) in [6, 6.07) is 17.8. The van der Waals surface area contributed by atoms with Gasteiger partial charge < -0.3 is 10.2 Å². The number of amides is 1. The van der Waals surface area contributed by atoms with Gasteiger partial charge in [0.1, 0.15) is 0 Å². The lowest BCUT2D eigenvalue weighted by Crippen LogP contribution is -2.46. The van der Waals surface area contributed by atoms with Crippen molar-refractivity contribution in [1.29, 1.82) is 0 Å². The SMILES string of the molecule is Cc1ccccc1N1CCN(CCCc2ccc(C3CCC(=O)N3)cc2)CC1. The Balaban J connectivity index is 1.20. The van der Waals surface area contributed by atoms with Crippen molar-refractivity contribution < 1.29 is 4.79 Å². The summed E-state index contributed by atoms with van der Waals surface area (Å²) in [6.07, 6.45) is 3.90. The highest BCUT2D eigenvalue weighted by Crippen LogP contribution is 2.24. The Morgan fingerprint density at radius 3 is 2.43 bits per heavy atom. The van der Waals surface area contributed by atoms with Gasteiger partial charge in [-0.05, 0) is 55.5 Å². The van der Waals surface area contributed by atoms with Gasteiger partial charge in [0.25, 0.3) is 0 Å². The first-order valence-electron chi connectivity index (χ1n) is 10.6. The molecule has 2 aliphatic rings. The van der Waals surface area contributed by atoms with Crippen molar-refractivity contribution in [2.24, 2.45) is 0 Å². The van der Waals surface area contributed by atoms with E-state index in [1.807, 2.05) is 0 Å². The zero-order valence-electron chi connectivity index (χ0n) is 16.9. The quantitative estimate of drug-likeness (QED) is 0.834. The minimum absolute atomic E-state index is 0.177. The normalized spacial score (nSPS) is 20.4. The molecular formula is C24H31N3O. The molecule has 1 N–H and O–H groups in total. The van der Waals surface area contributed by atoms with Crippen LogP contribution >= 0.6 is 0 Å². The van der Waals surface area contributed by atoms with Crippen molar-refractivity contribution in [3.05, 3.63) is 65.2 Å². The Morgan fingerprint density at radius 1 is 1.00 bits per heavy atom. The Kier molecular flexibility index (Phi) is 5.96. The van der Waals surface area contributed by atoms with E-state index in [1.54, 1.807) is 0 Å². The summed E-state index contributed by atoms with van der Waals surface area (Å²) < 4.78 is 0. The fourth-order valence-electron chi connectivity index (χ4n) is 4.42. The average Bonchev–Trinajstić information content (AvgIpc) is 3.16. The van der Waals surface area contributed by atoms with E-state index in [0.29, 0.717) is 6.42 Å². The number of carbonyl (C=O) groups excluding carboxylic acids is 1. The standard InChI is InChI=1S/C24H31N3O/c1-19-5-2-3-7-23(19)27-17-15-26(16-18-27)14-4-6-20-8-10-21(11-9-20)22-12-13-24(28)25-22/h2-3,5,7-11,22H,4,6,12-18H2,1H3,(H,25,28). The number of carbonyl (C=O) groups is 1. The minimum atomic E-state index is 0.177. The zero-order chi connectivity index (χ0) is 19.3. The summed E-state index contributed by atoms with van der Waals surface area (Å²) in [4.78, 5) is 16.5. The molecule has 1 atom stereocenters. The van der Waals surface area contributed by atoms with E-state index >= 15 is 0 Å². The number of benzene rings is 2. The van der Waals surface area contributed by atoms with Crippen LogP contribution in [0.2, 0.25) is 0 Å². The molecule has 2 aliphatic heterocycles. The highest BCUT2D eigenvalue weighted by atomic mass is 16.1. The highest BCUT2D eigenvalue weighted by Gasteiger charge is 2.22. The Labute approximate surface area is 168 Å². The monoisotopic (exact) mass is 377 g/mol. The third-order valence-electron chi connectivity index (χ3n) is 6.15. The van der Waals surface area contributed by atoms with Crippen LogP contribution in [0, 0.1) is 6.92 Å². The molecule has 0 aliphatic carbocycles. The lowest BCUT2D eigenvalue weighted by Gasteiger charge is -2.36. The number of aryl methyl sites for hydroxylation is 2. The van der Waals surface area contributed by atoms with Crippen LogP contribution in [-0.2, 0) is 11.2 Å². The molecule has 4 rings (SSSR count). The van der Waals surface area contributed by atoms with Gasteiger partial charge >= 0.3 is 0 Å². The van der Waals surface area contributed by atoms with Gasteiger partial charge in [-0.2, -0.15) is 0 Å². The molecule has 2 fully saturated rings. The summed E-state index contributed by atoms with van der Waals surface area (Å²) in [7, 11) is 0. The van der Waals surface area contributed by atoms with Gasteiger partial charge in [-0.3, -0.25) is 9.69 Å². The third-order valence-corrected chi connectivity index (χ3v) is 6.15. The van der Waals surface area contributed by atoms with Crippen molar-refractivity contribution in [1.82, 2.24) is 10.2 Å². The number of piperazine rings is 1. The van der Waals surface area contributed by atoms with E-state index in [9.17, 15) is 4.79 Å². The van der Waals surface area contributed by atoms with Crippen molar-refractivity contribution in [2.75, 3.05) is 37.6 Å². The highest BCUT2D eigenvalue weighted by molar-refractivity contribution is 5.78. The van der Waals surface area contributed by atoms with Crippen molar-refractivity contribution >= 4 is 11.6 Å². The van der Waals surface area contributed by atoms with Crippen LogP contribution in [0.3, 0.4) is 0 Å². The van der Waals surface area contributed by atoms with Gasteiger partial charge in [0.2, 0.25) is 5.91 Å². The lowest BCUT2D eigenvalue weighted by molar-refractivity contribution is -0.119. The maximum atomic E-state index is 11.4. The van der Waals surface area contributed by atoms with Crippen molar-refractivity contribution in [2.45, 2.75) is 38.6 Å². The van der Waals surface area contributed by atoms with E-state index in [-0.39, 0.29) is 11.9 Å². The molecule has 0 saturated carbocycles. The molecule has 4 heteroatoms. The van der Waals surface area contributed by atoms with E-state index in [2.05, 4.69) is 70.6 Å². The summed E-state index contributed by atoms with van der Waals surface area (Å²) in [5, 5.41) is 3.04. The van der Waals surface area contributed by atoms with Crippen LogP contribution < -0.4 is 10.2 Å². The van der Waals surface area contributed by atoms with Gasteiger partial charge in [-0.15, -0.1) is 0 Å². The zero-order valence-corrected chi connectivity index (χ0v) is 16.9. The average molecular weight is 378 g/mol.